The van der Waals surface area contributed by atoms with E-state index in [1.807, 2.05) is 31.0 Å². The number of benzene rings is 1. The topological polar surface area (TPSA) is 57.5 Å². The van der Waals surface area contributed by atoms with Crippen LogP contribution in [0.1, 0.15) is 12.0 Å². The Hall–Kier alpha value is -2.50. The Morgan fingerprint density at radius 2 is 2.00 bits per heavy atom. The van der Waals surface area contributed by atoms with Crippen LogP contribution in [0.5, 0.6) is 0 Å². The van der Waals surface area contributed by atoms with E-state index in [4.69, 9.17) is 0 Å². The van der Waals surface area contributed by atoms with E-state index in [9.17, 15) is 0 Å². The summed E-state index contributed by atoms with van der Waals surface area (Å²) in [6.45, 7) is 2.52. The van der Waals surface area contributed by atoms with E-state index in [1.54, 1.807) is 13.2 Å². The van der Waals surface area contributed by atoms with E-state index in [0.717, 1.165) is 32.0 Å². The summed E-state index contributed by atoms with van der Waals surface area (Å²) in [7, 11) is 5.88. The first-order valence-electron chi connectivity index (χ1n) is 7.87. The zero-order valence-corrected chi connectivity index (χ0v) is 14.2. The zero-order chi connectivity index (χ0) is 16.5. The Morgan fingerprint density at radius 1 is 1.22 bits per heavy atom. The van der Waals surface area contributed by atoms with Crippen molar-refractivity contribution in [2.45, 2.75) is 19.5 Å². The molecule has 23 heavy (non-hydrogen) atoms. The van der Waals surface area contributed by atoms with E-state index < -0.39 is 0 Å². The highest BCUT2D eigenvalue weighted by atomic mass is 15.3. The maximum absolute atomic E-state index is 4.25. The van der Waals surface area contributed by atoms with Crippen molar-refractivity contribution in [3.8, 4) is 0 Å². The van der Waals surface area contributed by atoms with E-state index in [1.165, 1.54) is 11.3 Å². The molecule has 124 valence electrons. The van der Waals surface area contributed by atoms with Crippen molar-refractivity contribution in [2.75, 3.05) is 32.6 Å². The Morgan fingerprint density at radius 3 is 2.61 bits per heavy atom. The summed E-state index contributed by atoms with van der Waals surface area (Å²) in [5.41, 5.74) is 2.44. The molecule has 0 aliphatic heterocycles. The number of hydrogen-bond donors (Lipinski definition) is 2. The monoisotopic (exact) mass is 314 g/mol. The van der Waals surface area contributed by atoms with Crippen molar-refractivity contribution >= 4 is 11.6 Å². The van der Waals surface area contributed by atoms with Gasteiger partial charge in [-0.2, -0.15) is 5.10 Å². The van der Waals surface area contributed by atoms with E-state index in [-0.39, 0.29) is 0 Å². The van der Waals surface area contributed by atoms with Crippen molar-refractivity contribution in [3.05, 3.63) is 48.3 Å². The van der Waals surface area contributed by atoms with Crippen LogP contribution in [0.3, 0.4) is 0 Å². The van der Waals surface area contributed by atoms with Crippen LogP contribution in [-0.2, 0) is 13.1 Å². The number of anilines is 1. The van der Waals surface area contributed by atoms with Crippen molar-refractivity contribution in [1.82, 2.24) is 20.4 Å². The highest BCUT2D eigenvalue weighted by Gasteiger charge is 2.00. The summed E-state index contributed by atoms with van der Waals surface area (Å²) in [6, 6.07) is 10.4. The molecule has 0 amide bonds. The molecule has 0 bridgehead atoms. The Kier molecular flexibility index (Phi) is 6.47. The molecule has 0 saturated carbocycles. The van der Waals surface area contributed by atoms with Gasteiger partial charge in [0.05, 0.1) is 0 Å². The van der Waals surface area contributed by atoms with E-state index in [2.05, 4.69) is 49.9 Å². The summed E-state index contributed by atoms with van der Waals surface area (Å²) in [4.78, 5) is 6.34. The minimum absolute atomic E-state index is 0.756. The molecule has 0 saturated heterocycles. The molecule has 0 aliphatic rings. The number of nitrogens with zero attached hydrogens (tertiary/aromatic N) is 4. The number of hydrogen-bond acceptors (Lipinski definition) is 3. The first kappa shape index (κ1) is 16.9. The molecule has 0 radical (unpaired) electrons. The molecule has 1 aromatic heterocycles. The third-order valence-corrected chi connectivity index (χ3v) is 3.55. The van der Waals surface area contributed by atoms with Gasteiger partial charge in [0, 0.05) is 58.9 Å². The summed E-state index contributed by atoms with van der Waals surface area (Å²) in [5.74, 6) is 0.821. The van der Waals surface area contributed by atoms with Gasteiger partial charge in [0.15, 0.2) is 5.96 Å². The maximum atomic E-state index is 4.25. The quantitative estimate of drug-likeness (QED) is 0.464. The fraction of sp³-hybridized carbons (Fsp3) is 0.412. The lowest BCUT2D eigenvalue weighted by molar-refractivity contribution is 0.570. The molecule has 0 spiro atoms. The van der Waals surface area contributed by atoms with Crippen LogP contribution in [0, 0.1) is 0 Å². The van der Waals surface area contributed by atoms with Gasteiger partial charge in [0.1, 0.15) is 0 Å². The van der Waals surface area contributed by atoms with Crippen LogP contribution >= 0.6 is 0 Å². The van der Waals surface area contributed by atoms with Crippen LogP contribution < -0.4 is 15.5 Å². The Labute approximate surface area is 138 Å². The average molecular weight is 314 g/mol. The first-order valence-corrected chi connectivity index (χ1v) is 7.87. The molecule has 1 heterocycles. The van der Waals surface area contributed by atoms with Gasteiger partial charge in [-0.1, -0.05) is 12.1 Å². The van der Waals surface area contributed by atoms with Gasteiger partial charge < -0.3 is 15.5 Å². The van der Waals surface area contributed by atoms with Crippen molar-refractivity contribution in [1.29, 1.82) is 0 Å². The van der Waals surface area contributed by atoms with Crippen LogP contribution in [0.2, 0.25) is 0 Å². The smallest absolute Gasteiger partial charge is 0.191 e. The molecular formula is C17H26N6. The summed E-state index contributed by atoms with van der Waals surface area (Å²) in [5, 5.41) is 10.8. The molecule has 2 aromatic rings. The standard InChI is InChI=1S/C17H26N6/c1-18-17(19-10-4-12-23-13-5-11-21-23)20-14-15-6-8-16(9-7-15)22(2)3/h5-9,11,13H,4,10,12,14H2,1-3H3,(H2,18,19,20). The highest BCUT2D eigenvalue weighted by molar-refractivity contribution is 5.79. The van der Waals surface area contributed by atoms with Crippen LogP contribution in [0.4, 0.5) is 5.69 Å². The molecule has 1 aromatic carbocycles. The van der Waals surface area contributed by atoms with Gasteiger partial charge in [0.2, 0.25) is 0 Å². The second-order valence-electron chi connectivity index (χ2n) is 5.54. The largest absolute Gasteiger partial charge is 0.378 e. The first-order chi connectivity index (χ1) is 11.2. The van der Waals surface area contributed by atoms with Crippen LogP contribution in [-0.4, -0.2) is 43.4 Å². The molecule has 2 rings (SSSR count). The normalized spacial score (nSPS) is 11.3. The van der Waals surface area contributed by atoms with Gasteiger partial charge in [-0.05, 0) is 30.2 Å². The molecule has 0 aliphatic carbocycles. The third kappa shape index (κ3) is 5.65. The third-order valence-electron chi connectivity index (χ3n) is 3.55. The molecule has 2 N–H and O–H groups in total. The molecule has 6 nitrogen and oxygen atoms in total. The lowest BCUT2D eigenvalue weighted by atomic mass is 10.2. The number of nitrogens with one attached hydrogen (secondary N) is 2. The van der Waals surface area contributed by atoms with Gasteiger partial charge in [-0.3, -0.25) is 9.67 Å². The highest BCUT2D eigenvalue weighted by Crippen LogP contribution is 2.11. The number of aliphatic imine (C=N–C) groups is 1. The predicted molar refractivity (Wildman–Crippen MR) is 95.8 cm³/mol. The van der Waals surface area contributed by atoms with Gasteiger partial charge >= 0.3 is 0 Å². The van der Waals surface area contributed by atoms with Crippen LogP contribution in [0.25, 0.3) is 0 Å². The number of guanidine groups is 1. The van der Waals surface area contributed by atoms with Gasteiger partial charge in [-0.15, -0.1) is 0 Å². The summed E-state index contributed by atoms with van der Waals surface area (Å²) < 4.78 is 1.93. The SMILES string of the molecule is CN=C(NCCCn1cccn1)NCc1ccc(N(C)C)cc1. The number of rotatable bonds is 7. The number of aryl methyl sites for hydroxylation is 1. The minimum atomic E-state index is 0.756. The number of aromatic nitrogens is 2. The molecule has 0 atom stereocenters. The molecule has 0 fully saturated rings. The van der Waals surface area contributed by atoms with E-state index in [0.29, 0.717) is 0 Å². The predicted octanol–water partition coefficient (Wildman–Crippen LogP) is 1.70. The Bertz CT molecular complexity index is 586. The van der Waals surface area contributed by atoms with Crippen molar-refractivity contribution < 1.29 is 0 Å². The average Bonchev–Trinajstić information content (AvgIpc) is 3.08. The summed E-state index contributed by atoms with van der Waals surface area (Å²) >= 11 is 0. The van der Waals surface area contributed by atoms with Gasteiger partial charge in [-0.25, -0.2) is 0 Å². The fourth-order valence-electron chi connectivity index (χ4n) is 2.20. The lowest BCUT2D eigenvalue weighted by Crippen LogP contribution is -2.37. The molecule has 6 heteroatoms. The van der Waals surface area contributed by atoms with Crippen LogP contribution in [0.15, 0.2) is 47.7 Å². The second kappa shape index (κ2) is 8.82. The van der Waals surface area contributed by atoms with Gasteiger partial charge in [0.25, 0.3) is 0 Å². The zero-order valence-electron chi connectivity index (χ0n) is 14.2. The lowest BCUT2D eigenvalue weighted by Gasteiger charge is -2.14. The minimum Gasteiger partial charge on any atom is -0.378 e. The summed E-state index contributed by atoms with van der Waals surface area (Å²) in [6.07, 6.45) is 4.78. The molecular weight excluding hydrogens is 288 g/mol. The Balaban J connectivity index is 1.70. The second-order valence-corrected chi connectivity index (χ2v) is 5.54. The maximum Gasteiger partial charge on any atom is 0.191 e. The fourth-order valence-corrected chi connectivity index (χ4v) is 2.20. The molecule has 0 unspecified atom stereocenters. The van der Waals surface area contributed by atoms with Crippen molar-refractivity contribution in [3.63, 3.8) is 0 Å². The van der Waals surface area contributed by atoms with Crippen molar-refractivity contribution in [2.24, 2.45) is 4.99 Å². The van der Waals surface area contributed by atoms with E-state index >= 15 is 0 Å².